The highest BCUT2D eigenvalue weighted by atomic mass is 35.5. The van der Waals surface area contributed by atoms with Crippen molar-refractivity contribution in [3.05, 3.63) is 41.6 Å². The van der Waals surface area contributed by atoms with Crippen LogP contribution >= 0.6 is 12.4 Å². The van der Waals surface area contributed by atoms with Crippen molar-refractivity contribution in [1.82, 2.24) is 15.2 Å². The molecule has 3 rings (SSSR count). The van der Waals surface area contributed by atoms with Crippen LogP contribution < -0.4 is 5.32 Å². The first kappa shape index (κ1) is 16.2. The predicted octanol–water partition coefficient (Wildman–Crippen LogP) is 3.01. The number of pyridine rings is 1. The van der Waals surface area contributed by atoms with E-state index in [2.05, 4.69) is 45.5 Å². The van der Waals surface area contributed by atoms with Crippen LogP contribution in [0.4, 0.5) is 0 Å². The van der Waals surface area contributed by atoms with Crippen molar-refractivity contribution in [2.24, 2.45) is 5.92 Å². The third kappa shape index (κ3) is 3.94. The maximum atomic E-state index is 4.56. The second-order valence-electron chi connectivity index (χ2n) is 5.93. The highest BCUT2D eigenvalue weighted by molar-refractivity contribution is 5.85. The quantitative estimate of drug-likeness (QED) is 0.941. The number of nitrogens with zero attached hydrogens (tertiary/aromatic N) is 2. The molecule has 1 N–H and O–H groups in total. The number of likely N-dealkylation sites (tertiary alicyclic amines) is 1. The van der Waals surface area contributed by atoms with Gasteiger partial charge in [0.05, 0.1) is 5.52 Å². The summed E-state index contributed by atoms with van der Waals surface area (Å²) in [5.41, 5.74) is 3.58. The summed E-state index contributed by atoms with van der Waals surface area (Å²) in [6.07, 6.45) is 1.31. The van der Waals surface area contributed by atoms with Gasteiger partial charge in [-0.1, -0.05) is 12.1 Å². The highest BCUT2D eigenvalue weighted by Crippen LogP contribution is 2.20. The Morgan fingerprint density at radius 2 is 2.14 bits per heavy atom. The average molecular weight is 306 g/mol. The van der Waals surface area contributed by atoms with Crippen molar-refractivity contribution in [2.75, 3.05) is 26.7 Å². The molecular formula is C17H24ClN3. The molecule has 4 heteroatoms. The molecule has 1 atom stereocenters. The van der Waals surface area contributed by atoms with E-state index >= 15 is 0 Å². The zero-order valence-electron chi connectivity index (χ0n) is 12.8. The molecule has 3 nitrogen and oxygen atoms in total. The lowest BCUT2D eigenvalue weighted by atomic mass is 10.1. The van der Waals surface area contributed by atoms with Gasteiger partial charge >= 0.3 is 0 Å². The molecule has 0 radical (unpaired) electrons. The number of aryl methyl sites for hydroxylation is 1. The van der Waals surface area contributed by atoms with Gasteiger partial charge < -0.3 is 5.32 Å². The molecule has 1 aromatic heterocycles. The second-order valence-corrected chi connectivity index (χ2v) is 5.93. The van der Waals surface area contributed by atoms with Crippen molar-refractivity contribution >= 4 is 23.3 Å². The largest absolute Gasteiger partial charge is 0.319 e. The zero-order valence-corrected chi connectivity index (χ0v) is 13.6. The zero-order chi connectivity index (χ0) is 13.9. The number of hydrogen-bond donors (Lipinski definition) is 1. The van der Waals surface area contributed by atoms with Gasteiger partial charge in [-0.15, -0.1) is 12.4 Å². The molecule has 1 fully saturated rings. The standard InChI is InChI=1S/C17H23N3.ClH/c1-13-3-5-16-9-14(4-6-17(16)19-13)11-20-8-7-15(12-20)10-18-2;/h3-6,9,15,18H,7-8,10-12H2,1-2H3;1H. The summed E-state index contributed by atoms with van der Waals surface area (Å²) in [7, 11) is 2.04. The van der Waals surface area contributed by atoms with Crippen molar-refractivity contribution in [3.63, 3.8) is 0 Å². The van der Waals surface area contributed by atoms with E-state index in [1.807, 2.05) is 14.0 Å². The molecular weight excluding hydrogens is 282 g/mol. The van der Waals surface area contributed by atoms with Crippen LogP contribution in [0.1, 0.15) is 17.7 Å². The van der Waals surface area contributed by atoms with E-state index in [1.54, 1.807) is 0 Å². The molecule has 0 spiro atoms. The number of rotatable bonds is 4. The van der Waals surface area contributed by atoms with E-state index in [9.17, 15) is 0 Å². The lowest BCUT2D eigenvalue weighted by molar-refractivity contribution is 0.315. The maximum Gasteiger partial charge on any atom is 0.0705 e. The Kier molecular flexibility index (Phi) is 5.57. The number of halogens is 1. The number of nitrogens with one attached hydrogen (secondary N) is 1. The van der Waals surface area contributed by atoms with Crippen LogP contribution in [0.15, 0.2) is 30.3 Å². The molecule has 1 aliphatic rings. The van der Waals surface area contributed by atoms with Gasteiger partial charge in [-0.25, -0.2) is 0 Å². The van der Waals surface area contributed by atoms with Crippen LogP contribution in [0.5, 0.6) is 0 Å². The second kappa shape index (κ2) is 7.21. The Bertz CT molecular complexity index is 600. The molecule has 2 aromatic rings. The normalized spacial score (nSPS) is 18.9. The Morgan fingerprint density at radius 1 is 1.29 bits per heavy atom. The topological polar surface area (TPSA) is 28.2 Å². The summed E-state index contributed by atoms with van der Waals surface area (Å²) >= 11 is 0. The predicted molar refractivity (Wildman–Crippen MR) is 91.0 cm³/mol. The molecule has 21 heavy (non-hydrogen) atoms. The van der Waals surface area contributed by atoms with Crippen LogP contribution in [0.2, 0.25) is 0 Å². The first-order valence-electron chi connectivity index (χ1n) is 7.48. The van der Waals surface area contributed by atoms with Crippen LogP contribution in [-0.2, 0) is 6.54 Å². The van der Waals surface area contributed by atoms with Gasteiger partial charge in [-0.05, 0) is 63.2 Å². The molecule has 0 amide bonds. The van der Waals surface area contributed by atoms with Crippen molar-refractivity contribution in [3.8, 4) is 0 Å². The van der Waals surface area contributed by atoms with Crippen molar-refractivity contribution in [2.45, 2.75) is 19.9 Å². The number of hydrogen-bond acceptors (Lipinski definition) is 3. The van der Waals surface area contributed by atoms with Crippen LogP contribution in [0, 0.1) is 12.8 Å². The maximum absolute atomic E-state index is 4.56. The Morgan fingerprint density at radius 3 is 2.95 bits per heavy atom. The van der Waals surface area contributed by atoms with Crippen molar-refractivity contribution in [1.29, 1.82) is 0 Å². The summed E-state index contributed by atoms with van der Waals surface area (Å²) in [6.45, 7) is 6.67. The minimum absolute atomic E-state index is 0. The van der Waals surface area contributed by atoms with E-state index in [1.165, 1.54) is 30.5 Å². The van der Waals surface area contributed by atoms with Gasteiger partial charge in [0.2, 0.25) is 0 Å². The first-order valence-corrected chi connectivity index (χ1v) is 7.48. The summed E-state index contributed by atoms with van der Waals surface area (Å²) < 4.78 is 0. The SMILES string of the molecule is CNCC1CCN(Cc2ccc3nc(C)ccc3c2)C1.Cl. The molecule has 1 aromatic carbocycles. The fourth-order valence-electron chi connectivity index (χ4n) is 3.15. The summed E-state index contributed by atoms with van der Waals surface area (Å²) in [4.78, 5) is 7.12. The smallest absolute Gasteiger partial charge is 0.0705 e. The van der Waals surface area contributed by atoms with Gasteiger partial charge in [0, 0.05) is 24.2 Å². The molecule has 1 saturated heterocycles. The highest BCUT2D eigenvalue weighted by Gasteiger charge is 2.21. The molecule has 0 aliphatic carbocycles. The fraction of sp³-hybridized carbons (Fsp3) is 0.471. The van der Waals surface area contributed by atoms with E-state index in [0.717, 1.165) is 30.2 Å². The van der Waals surface area contributed by atoms with Crippen LogP contribution in [0.3, 0.4) is 0 Å². The van der Waals surface area contributed by atoms with E-state index < -0.39 is 0 Å². The first-order chi connectivity index (χ1) is 9.74. The van der Waals surface area contributed by atoms with Gasteiger partial charge in [-0.3, -0.25) is 9.88 Å². The number of fused-ring (bicyclic) bond motifs is 1. The van der Waals surface area contributed by atoms with Crippen LogP contribution in [0.25, 0.3) is 10.9 Å². The molecule has 2 heterocycles. The molecule has 0 bridgehead atoms. The average Bonchev–Trinajstić information content (AvgIpc) is 2.87. The van der Waals surface area contributed by atoms with E-state index in [0.29, 0.717) is 0 Å². The molecule has 0 saturated carbocycles. The monoisotopic (exact) mass is 305 g/mol. The van der Waals surface area contributed by atoms with Gasteiger partial charge in [0.25, 0.3) is 0 Å². The van der Waals surface area contributed by atoms with E-state index in [-0.39, 0.29) is 12.4 Å². The Balaban J connectivity index is 0.00000161. The number of benzene rings is 1. The lowest BCUT2D eigenvalue weighted by Crippen LogP contribution is -2.24. The summed E-state index contributed by atoms with van der Waals surface area (Å²) in [6, 6.07) is 10.9. The summed E-state index contributed by atoms with van der Waals surface area (Å²) in [5, 5.41) is 4.54. The molecule has 1 unspecified atom stereocenters. The third-order valence-electron chi connectivity index (χ3n) is 4.16. The Labute approximate surface area is 133 Å². The number of aromatic nitrogens is 1. The van der Waals surface area contributed by atoms with Gasteiger partial charge in [0.15, 0.2) is 0 Å². The van der Waals surface area contributed by atoms with Crippen LogP contribution in [-0.4, -0.2) is 36.6 Å². The minimum Gasteiger partial charge on any atom is -0.319 e. The van der Waals surface area contributed by atoms with E-state index in [4.69, 9.17) is 0 Å². The lowest BCUT2D eigenvalue weighted by Gasteiger charge is -2.16. The fourth-order valence-corrected chi connectivity index (χ4v) is 3.15. The Hall–Kier alpha value is -1.16. The molecule has 1 aliphatic heterocycles. The van der Waals surface area contributed by atoms with Gasteiger partial charge in [0.1, 0.15) is 0 Å². The summed E-state index contributed by atoms with van der Waals surface area (Å²) in [5.74, 6) is 0.810. The third-order valence-corrected chi connectivity index (χ3v) is 4.16. The minimum atomic E-state index is 0. The van der Waals surface area contributed by atoms with Crippen molar-refractivity contribution < 1.29 is 0 Å². The molecule has 114 valence electrons. The van der Waals surface area contributed by atoms with Gasteiger partial charge in [-0.2, -0.15) is 0 Å².